The van der Waals surface area contributed by atoms with E-state index < -0.39 is 0 Å². The van der Waals surface area contributed by atoms with Crippen molar-refractivity contribution in [3.8, 4) is 0 Å². The molecule has 4 heteroatoms. The smallest absolute Gasteiger partial charge is 0.235 e. The minimum absolute atomic E-state index is 0.213. The van der Waals surface area contributed by atoms with Gasteiger partial charge in [-0.2, -0.15) is 0 Å². The second kappa shape index (κ2) is 5.41. The Balaban J connectivity index is 1.84. The summed E-state index contributed by atoms with van der Waals surface area (Å²) >= 11 is 1.89. The second-order valence-electron chi connectivity index (χ2n) is 4.85. The van der Waals surface area contributed by atoms with E-state index in [4.69, 9.17) is 4.74 Å². The first kappa shape index (κ1) is 12.2. The molecule has 0 spiro atoms. The Labute approximate surface area is 102 Å². The van der Waals surface area contributed by atoms with Gasteiger partial charge in [0.2, 0.25) is 5.91 Å². The summed E-state index contributed by atoms with van der Waals surface area (Å²) in [6.45, 7) is 6.87. The van der Waals surface area contributed by atoms with E-state index in [0.717, 1.165) is 39.0 Å². The molecule has 0 radical (unpaired) electrons. The molecule has 2 aliphatic heterocycles. The van der Waals surface area contributed by atoms with Gasteiger partial charge < -0.3 is 9.64 Å². The Morgan fingerprint density at radius 2 is 2.00 bits per heavy atom. The molecule has 0 aromatic rings. The highest BCUT2D eigenvalue weighted by Gasteiger charge is 2.35. The zero-order chi connectivity index (χ0) is 11.5. The Morgan fingerprint density at radius 3 is 2.56 bits per heavy atom. The summed E-state index contributed by atoms with van der Waals surface area (Å²) in [5.74, 6) is 0.353. The van der Waals surface area contributed by atoms with E-state index in [1.807, 2.05) is 16.7 Å². The number of nitrogens with zero attached hydrogens (tertiary/aromatic N) is 1. The maximum Gasteiger partial charge on any atom is 0.235 e. The van der Waals surface area contributed by atoms with Crippen LogP contribution in [0, 0.1) is 0 Å². The number of hydrogen-bond acceptors (Lipinski definition) is 3. The van der Waals surface area contributed by atoms with Crippen LogP contribution in [0.25, 0.3) is 0 Å². The molecule has 0 N–H and O–H groups in total. The summed E-state index contributed by atoms with van der Waals surface area (Å²) in [4.78, 5) is 14.1. The molecular formula is C12H21NO2S. The van der Waals surface area contributed by atoms with Crippen molar-refractivity contribution in [2.45, 2.75) is 49.7 Å². The van der Waals surface area contributed by atoms with E-state index in [1.165, 1.54) is 0 Å². The third-order valence-electron chi connectivity index (χ3n) is 3.34. The highest BCUT2D eigenvalue weighted by molar-refractivity contribution is 8.01. The Kier molecular flexibility index (Phi) is 4.14. The maximum absolute atomic E-state index is 12.1. The molecule has 0 saturated carbocycles. The van der Waals surface area contributed by atoms with Crippen molar-refractivity contribution in [1.82, 2.24) is 4.90 Å². The fraction of sp³-hybridized carbons (Fsp3) is 0.917. The van der Waals surface area contributed by atoms with Crippen LogP contribution in [0.2, 0.25) is 0 Å². The molecule has 2 rings (SSSR count). The maximum atomic E-state index is 12.1. The molecule has 0 bridgehead atoms. The molecule has 2 heterocycles. The van der Waals surface area contributed by atoms with Gasteiger partial charge in [0.05, 0.1) is 5.25 Å². The van der Waals surface area contributed by atoms with Crippen LogP contribution in [0.3, 0.4) is 0 Å². The average molecular weight is 243 g/mol. The molecule has 1 amide bonds. The van der Waals surface area contributed by atoms with Crippen molar-refractivity contribution in [3.63, 3.8) is 0 Å². The molecule has 2 fully saturated rings. The number of hydrogen-bond donors (Lipinski definition) is 0. The zero-order valence-electron chi connectivity index (χ0n) is 10.1. The van der Waals surface area contributed by atoms with Gasteiger partial charge in [0.1, 0.15) is 0 Å². The largest absolute Gasteiger partial charge is 0.381 e. The van der Waals surface area contributed by atoms with Crippen LogP contribution in [0.5, 0.6) is 0 Å². The third kappa shape index (κ3) is 2.72. The predicted molar refractivity (Wildman–Crippen MR) is 66.7 cm³/mol. The molecule has 92 valence electrons. The third-order valence-corrected chi connectivity index (χ3v) is 4.96. The fourth-order valence-electron chi connectivity index (χ4n) is 2.36. The minimum Gasteiger partial charge on any atom is -0.381 e. The molecular weight excluding hydrogens is 222 g/mol. The lowest BCUT2D eigenvalue weighted by atomic mass is 10.2. The van der Waals surface area contributed by atoms with E-state index in [2.05, 4.69) is 13.8 Å². The Bertz CT molecular complexity index is 251. The van der Waals surface area contributed by atoms with E-state index in [0.29, 0.717) is 17.2 Å². The van der Waals surface area contributed by atoms with Crippen LogP contribution in [0.4, 0.5) is 0 Å². The molecule has 1 unspecified atom stereocenters. The topological polar surface area (TPSA) is 29.5 Å². The van der Waals surface area contributed by atoms with E-state index in [1.54, 1.807) is 0 Å². The molecule has 1 atom stereocenters. The van der Waals surface area contributed by atoms with Crippen molar-refractivity contribution in [3.05, 3.63) is 0 Å². The lowest BCUT2D eigenvalue weighted by molar-refractivity contribution is -0.128. The summed E-state index contributed by atoms with van der Waals surface area (Å²) in [6, 6.07) is 0.354. The van der Waals surface area contributed by atoms with Crippen LogP contribution in [0.15, 0.2) is 0 Å². The van der Waals surface area contributed by atoms with Crippen LogP contribution in [-0.2, 0) is 9.53 Å². The number of ether oxygens (including phenoxy) is 1. The molecule has 2 aliphatic rings. The van der Waals surface area contributed by atoms with Gasteiger partial charge in [0.25, 0.3) is 0 Å². The molecule has 16 heavy (non-hydrogen) atoms. The van der Waals surface area contributed by atoms with Crippen molar-refractivity contribution in [2.24, 2.45) is 0 Å². The van der Waals surface area contributed by atoms with Crippen LogP contribution in [-0.4, -0.2) is 47.1 Å². The number of thioether (sulfide) groups is 1. The predicted octanol–water partition coefficient (Wildman–Crippen LogP) is 1.91. The van der Waals surface area contributed by atoms with Gasteiger partial charge in [-0.3, -0.25) is 4.79 Å². The molecule has 3 nitrogen and oxygen atoms in total. The zero-order valence-corrected chi connectivity index (χ0v) is 11.0. The van der Waals surface area contributed by atoms with Gasteiger partial charge in [0.15, 0.2) is 0 Å². The van der Waals surface area contributed by atoms with Crippen LogP contribution in [0.1, 0.15) is 33.1 Å². The van der Waals surface area contributed by atoms with E-state index in [9.17, 15) is 4.79 Å². The van der Waals surface area contributed by atoms with Crippen LogP contribution < -0.4 is 0 Å². The first-order valence-corrected chi connectivity index (χ1v) is 7.16. The number of rotatable bonds is 3. The molecule has 0 aliphatic carbocycles. The monoisotopic (exact) mass is 243 g/mol. The van der Waals surface area contributed by atoms with Gasteiger partial charge in [-0.15, -0.1) is 11.8 Å². The van der Waals surface area contributed by atoms with Gasteiger partial charge in [-0.25, -0.2) is 0 Å². The summed E-state index contributed by atoms with van der Waals surface area (Å²) in [6.07, 6.45) is 3.24. The first-order chi connectivity index (χ1) is 7.68. The number of carbonyl (C=O) groups is 1. The lowest BCUT2D eigenvalue weighted by Crippen LogP contribution is -2.35. The SMILES string of the molecule is CC(C)N1CCC(SC2CCOCC2)C1=O. The van der Waals surface area contributed by atoms with Gasteiger partial charge >= 0.3 is 0 Å². The number of amides is 1. The normalized spacial score (nSPS) is 28.1. The standard InChI is InChI=1S/C12H21NO2S/c1-9(2)13-6-3-11(12(13)14)16-10-4-7-15-8-5-10/h9-11H,3-8H2,1-2H3. The number of carbonyl (C=O) groups excluding carboxylic acids is 1. The van der Waals surface area contributed by atoms with Crippen molar-refractivity contribution in [1.29, 1.82) is 0 Å². The Morgan fingerprint density at radius 1 is 1.31 bits per heavy atom. The van der Waals surface area contributed by atoms with Crippen molar-refractivity contribution >= 4 is 17.7 Å². The lowest BCUT2D eigenvalue weighted by Gasteiger charge is -2.25. The first-order valence-electron chi connectivity index (χ1n) is 6.22. The highest BCUT2D eigenvalue weighted by atomic mass is 32.2. The van der Waals surface area contributed by atoms with Gasteiger partial charge in [0, 0.05) is 31.1 Å². The van der Waals surface area contributed by atoms with Crippen LogP contribution >= 0.6 is 11.8 Å². The summed E-state index contributed by atoms with van der Waals surface area (Å²) < 4.78 is 5.34. The van der Waals surface area contributed by atoms with Gasteiger partial charge in [-0.1, -0.05) is 0 Å². The fourth-order valence-corrected chi connectivity index (χ4v) is 3.78. The molecule has 0 aromatic carbocycles. The highest BCUT2D eigenvalue weighted by Crippen LogP contribution is 2.32. The van der Waals surface area contributed by atoms with Crippen molar-refractivity contribution < 1.29 is 9.53 Å². The van der Waals surface area contributed by atoms with Crippen molar-refractivity contribution in [2.75, 3.05) is 19.8 Å². The summed E-state index contributed by atoms with van der Waals surface area (Å²) in [5, 5.41) is 0.848. The van der Waals surface area contributed by atoms with Gasteiger partial charge in [-0.05, 0) is 33.1 Å². The van der Waals surface area contributed by atoms with E-state index in [-0.39, 0.29) is 5.25 Å². The van der Waals surface area contributed by atoms with E-state index >= 15 is 0 Å². The molecule has 2 saturated heterocycles. The summed E-state index contributed by atoms with van der Waals surface area (Å²) in [5.41, 5.74) is 0. The summed E-state index contributed by atoms with van der Waals surface area (Å²) in [7, 11) is 0. The average Bonchev–Trinajstić information content (AvgIpc) is 2.62. The minimum atomic E-state index is 0.213. The Hall–Kier alpha value is -0.220. The second-order valence-corrected chi connectivity index (χ2v) is 6.36. The number of likely N-dealkylation sites (tertiary alicyclic amines) is 1. The molecule has 0 aromatic heterocycles. The quantitative estimate of drug-likeness (QED) is 0.758.